The first-order valence-corrected chi connectivity index (χ1v) is 13.2. The first-order valence-electron chi connectivity index (χ1n) is 13.2. The number of carbonyl (C=O) groups is 3. The molecule has 0 saturated heterocycles. The van der Waals surface area contributed by atoms with Crippen molar-refractivity contribution >= 4 is 18.5 Å². The van der Waals surface area contributed by atoms with E-state index in [1.54, 1.807) is 34.6 Å². The second kappa shape index (κ2) is 25.8. The Morgan fingerprint density at radius 2 is 1.47 bits per heavy atom. The number of carbonyl (C=O) groups excluding carboxylic acids is 3. The van der Waals surface area contributed by atoms with Gasteiger partial charge >= 0.3 is 6.09 Å². The maximum atomic E-state index is 12.0. The van der Waals surface area contributed by atoms with E-state index < -0.39 is 11.7 Å². The van der Waals surface area contributed by atoms with E-state index in [4.69, 9.17) is 4.74 Å². The minimum Gasteiger partial charge on any atom is -0.465 e. The molecule has 214 valence electrons. The number of ether oxygens (including phenoxy) is 2. The van der Waals surface area contributed by atoms with Crippen molar-refractivity contribution in [3.8, 4) is 0 Å². The smallest absolute Gasteiger partial charge is 0.408 e. The van der Waals surface area contributed by atoms with E-state index in [1.165, 1.54) is 0 Å². The highest BCUT2D eigenvalue weighted by atomic mass is 16.6. The Hall–Kier alpha value is -2.31. The van der Waals surface area contributed by atoms with Crippen molar-refractivity contribution < 1.29 is 23.9 Å². The van der Waals surface area contributed by atoms with Crippen molar-refractivity contribution in [2.75, 3.05) is 6.54 Å². The second-order valence-corrected chi connectivity index (χ2v) is 10.3. The summed E-state index contributed by atoms with van der Waals surface area (Å²) in [4.78, 5) is 33.0. The molecule has 0 aromatic rings. The van der Waals surface area contributed by atoms with E-state index in [0.717, 1.165) is 25.7 Å². The summed E-state index contributed by atoms with van der Waals surface area (Å²) in [5.74, 6) is -0.195. The molecule has 0 saturated carbocycles. The molecule has 36 heavy (non-hydrogen) atoms. The molecule has 0 aromatic heterocycles. The predicted molar refractivity (Wildman–Crippen MR) is 153 cm³/mol. The molecule has 0 rings (SSSR count). The van der Waals surface area contributed by atoms with Crippen LogP contribution >= 0.6 is 0 Å². The third kappa shape index (κ3) is 41.9. The third-order valence-electron chi connectivity index (χ3n) is 3.86. The van der Waals surface area contributed by atoms with Crippen LogP contribution in [0.15, 0.2) is 24.3 Å². The third-order valence-corrected chi connectivity index (χ3v) is 3.86. The van der Waals surface area contributed by atoms with Gasteiger partial charge in [0.05, 0.1) is 6.10 Å². The number of nitrogens with one attached hydrogen (secondary N) is 2. The average Bonchev–Trinajstić information content (AvgIpc) is 2.75. The molecule has 7 nitrogen and oxygen atoms in total. The van der Waals surface area contributed by atoms with Gasteiger partial charge in [-0.1, -0.05) is 65.8 Å². The molecule has 0 fully saturated rings. The number of hydrogen-bond acceptors (Lipinski definition) is 5. The van der Waals surface area contributed by atoms with Crippen molar-refractivity contribution in [1.82, 2.24) is 10.6 Å². The van der Waals surface area contributed by atoms with Gasteiger partial charge in [0.1, 0.15) is 12.1 Å². The van der Waals surface area contributed by atoms with E-state index in [9.17, 15) is 14.4 Å². The van der Waals surface area contributed by atoms with Gasteiger partial charge in [0.2, 0.25) is 5.91 Å². The molecule has 0 heterocycles. The molecule has 0 aromatic carbocycles. The van der Waals surface area contributed by atoms with Crippen LogP contribution in [0.1, 0.15) is 116 Å². The normalized spacial score (nSPS) is 11.7. The zero-order valence-corrected chi connectivity index (χ0v) is 25.6. The number of rotatable bonds is 10. The summed E-state index contributed by atoms with van der Waals surface area (Å²) in [7, 11) is 0. The van der Waals surface area contributed by atoms with Crippen molar-refractivity contribution in [3.05, 3.63) is 24.3 Å². The minimum absolute atomic E-state index is 0.0301. The van der Waals surface area contributed by atoms with Gasteiger partial charge in [0, 0.05) is 6.04 Å². The summed E-state index contributed by atoms with van der Waals surface area (Å²) >= 11 is 0. The van der Waals surface area contributed by atoms with Crippen LogP contribution in [0.4, 0.5) is 4.79 Å². The van der Waals surface area contributed by atoms with Gasteiger partial charge in [0.25, 0.3) is 6.47 Å². The molecule has 0 bridgehead atoms. The largest absolute Gasteiger partial charge is 0.465 e. The lowest BCUT2D eigenvalue weighted by atomic mass is 9.88. The zero-order chi connectivity index (χ0) is 29.2. The van der Waals surface area contributed by atoms with Crippen LogP contribution in [0.25, 0.3) is 0 Å². The van der Waals surface area contributed by atoms with Gasteiger partial charge in [0.15, 0.2) is 0 Å². The number of amides is 2. The van der Waals surface area contributed by atoms with Crippen LogP contribution in [-0.2, 0) is 19.1 Å². The highest BCUT2D eigenvalue weighted by molar-refractivity contribution is 5.82. The van der Waals surface area contributed by atoms with Crippen LogP contribution in [0.2, 0.25) is 0 Å². The Bertz CT molecular complexity index is 585. The minimum atomic E-state index is -0.577. The fourth-order valence-electron chi connectivity index (χ4n) is 2.25. The van der Waals surface area contributed by atoms with Gasteiger partial charge in [-0.25, -0.2) is 4.79 Å². The van der Waals surface area contributed by atoms with Crippen molar-refractivity contribution in [1.29, 1.82) is 0 Å². The van der Waals surface area contributed by atoms with E-state index in [-0.39, 0.29) is 30.0 Å². The fraction of sp³-hybridized carbons (Fsp3) is 0.759. The predicted octanol–water partition coefficient (Wildman–Crippen LogP) is 7.35. The molecular weight excluding hydrogens is 456 g/mol. The van der Waals surface area contributed by atoms with E-state index in [2.05, 4.69) is 61.3 Å². The molecule has 0 aliphatic rings. The maximum absolute atomic E-state index is 12.0. The van der Waals surface area contributed by atoms with E-state index in [0.29, 0.717) is 6.47 Å². The molecule has 0 radical (unpaired) electrons. The van der Waals surface area contributed by atoms with Gasteiger partial charge in [-0.3, -0.25) is 9.59 Å². The first-order chi connectivity index (χ1) is 16.6. The first kappa shape index (κ1) is 40.8. The topological polar surface area (TPSA) is 93.7 Å². The summed E-state index contributed by atoms with van der Waals surface area (Å²) in [5.41, 5.74) is -0.338. The molecule has 2 N–H and O–H groups in total. The lowest BCUT2D eigenvalue weighted by Crippen LogP contribution is -2.43. The van der Waals surface area contributed by atoms with Gasteiger partial charge in [-0.05, 0) is 79.6 Å². The Morgan fingerprint density at radius 3 is 1.78 bits per heavy atom. The summed E-state index contributed by atoms with van der Waals surface area (Å²) in [6.45, 7) is 26.0. The Morgan fingerprint density at radius 1 is 0.944 bits per heavy atom. The number of alkyl carbamates (subject to hydrolysis) is 1. The quantitative estimate of drug-likeness (QED) is 0.235. The summed E-state index contributed by atoms with van der Waals surface area (Å²) < 4.78 is 9.47. The van der Waals surface area contributed by atoms with Gasteiger partial charge < -0.3 is 20.1 Å². The van der Waals surface area contributed by atoms with E-state index >= 15 is 0 Å². The molecule has 0 spiro atoms. The van der Waals surface area contributed by atoms with Crippen molar-refractivity contribution in [2.24, 2.45) is 5.41 Å². The van der Waals surface area contributed by atoms with Crippen molar-refractivity contribution in [2.45, 2.75) is 133 Å². The molecular formula is C29H58N2O5. The standard InChI is InChI=1S/C18H34N2O3.C5H10.C4H8O2.C2H6/c1-8-9-10-14(11-12-17(2,3)4)20-15(21)13-19-16(22)23-18(5,6)7;1-3-5-4-2;1-4(2)6-3-5;1-2/h8-9,14H,10-13H2,1-7H3,(H,19,22)(H,20,21);3,5H,4H2,1-2H3;3-4H,1-2H3;1-2H3/b9-8-;5-3+;;. The fourth-order valence-corrected chi connectivity index (χ4v) is 2.25. The second-order valence-electron chi connectivity index (χ2n) is 10.3. The number of allylic oxidation sites excluding steroid dienone is 3. The molecule has 0 aliphatic carbocycles. The summed E-state index contributed by atoms with van der Waals surface area (Å²) in [5, 5.41) is 5.46. The number of hydrogen-bond donors (Lipinski definition) is 2. The van der Waals surface area contributed by atoms with Crippen LogP contribution in [0.5, 0.6) is 0 Å². The highest BCUT2D eigenvalue weighted by Crippen LogP contribution is 2.22. The van der Waals surface area contributed by atoms with Crippen LogP contribution < -0.4 is 10.6 Å². The average molecular weight is 515 g/mol. The molecule has 2 amide bonds. The maximum Gasteiger partial charge on any atom is 0.408 e. The molecule has 7 heteroatoms. The summed E-state index contributed by atoms with van der Waals surface area (Å²) in [6, 6.07) is 0.0818. The lowest BCUT2D eigenvalue weighted by Gasteiger charge is -2.24. The molecule has 1 atom stereocenters. The highest BCUT2D eigenvalue weighted by Gasteiger charge is 2.19. The Balaban J connectivity index is -0.000000323. The Labute approximate surface area is 222 Å². The van der Waals surface area contributed by atoms with Crippen LogP contribution in [0.3, 0.4) is 0 Å². The lowest BCUT2D eigenvalue weighted by molar-refractivity contribution is -0.132. The van der Waals surface area contributed by atoms with Crippen LogP contribution in [0, 0.1) is 5.41 Å². The van der Waals surface area contributed by atoms with E-state index in [1.807, 2.05) is 33.8 Å². The van der Waals surface area contributed by atoms with Crippen LogP contribution in [-0.4, -0.2) is 42.8 Å². The SMILES string of the molecule is C/C=C/CC.C/C=C\CC(CCC(C)(C)C)NC(=O)CNC(=O)OC(C)(C)C.CC.CC(C)OC=O. The monoisotopic (exact) mass is 514 g/mol. The van der Waals surface area contributed by atoms with Gasteiger partial charge in [-0.15, -0.1) is 0 Å². The zero-order valence-electron chi connectivity index (χ0n) is 25.6. The van der Waals surface area contributed by atoms with Gasteiger partial charge in [-0.2, -0.15) is 0 Å². The molecule has 0 aliphatic heterocycles. The Kier molecular flexibility index (Phi) is 29.2. The molecule has 1 unspecified atom stereocenters. The summed E-state index contributed by atoms with van der Waals surface area (Å²) in [6.07, 6.45) is 11.6. The van der Waals surface area contributed by atoms with Crippen molar-refractivity contribution in [3.63, 3.8) is 0 Å².